The summed E-state index contributed by atoms with van der Waals surface area (Å²) in [6.45, 7) is 6.36. The maximum absolute atomic E-state index is 11.8. The second-order valence-corrected chi connectivity index (χ2v) is 7.43. The molecule has 1 aliphatic rings. The van der Waals surface area contributed by atoms with Crippen LogP contribution >= 0.6 is 0 Å². The van der Waals surface area contributed by atoms with Crippen LogP contribution in [0.25, 0.3) is 0 Å². The lowest BCUT2D eigenvalue weighted by Gasteiger charge is -2.50. The van der Waals surface area contributed by atoms with Crippen LogP contribution < -0.4 is 0 Å². The van der Waals surface area contributed by atoms with E-state index in [1.165, 1.54) is 11.1 Å². The minimum Gasteiger partial charge on any atom is -0.465 e. The molecule has 1 saturated heterocycles. The van der Waals surface area contributed by atoms with E-state index in [1.54, 1.807) is 4.90 Å². The molecule has 1 fully saturated rings. The Labute approximate surface area is 149 Å². The van der Waals surface area contributed by atoms with Crippen molar-refractivity contribution in [2.75, 3.05) is 13.1 Å². The van der Waals surface area contributed by atoms with Gasteiger partial charge in [-0.2, -0.15) is 0 Å². The molecule has 0 radical (unpaired) electrons. The third kappa shape index (κ3) is 4.20. The summed E-state index contributed by atoms with van der Waals surface area (Å²) in [5, 5.41) is 9.70. The Morgan fingerprint density at radius 2 is 1.60 bits per heavy atom. The molecule has 2 aromatic carbocycles. The minimum atomic E-state index is -0.826. The van der Waals surface area contributed by atoms with Gasteiger partial charge in [0.1, 0.15) is 0 Å². The predicted molar refractivity (Wildman–Crippen MR) is 99.6 cm³/mol. The molecule has 0 spiro atoms. The minimum absolute atomic E-state index is 0.0309. The molecule has 1 atom stereocenters. The number of rotatable bonds is 4. The van der Waals surface area contributed by atoms with E-state index in [-0.39, 0.29) is 11.6 Å². The third-order valence-electron chi connectivity index (χ3n) is 5.06. The molecule has 1 amide bonds. The molecule has 2 aromatic rings. The van der Waals surface area contributed by atoms with Crippen molar-refractivity contribution in [2.24, 2.45) is 0 Å². The standard InChI is InChI=1S/C21H26N2O2/c1-21(2)16-23(20(24)25)19(13-17-9-5-3-6-10-17)15-22(21)14-18-11-7-4-8-12-18/h3-12,19H,13-16H2,1-2H3,(H,24,25)/t19-/m0/s1. The quantitative estimate of drug-likeness (QED) is 0.920. The smallest absolute Gasteiger partial charge is 0.407 e. The summed E-state index contributed by atoms with van der Waals surface area (Å²) in [6.07, 6.45) is -0.0810. The summed E-state index contributed by atoms with van der Waals surface area (Å²) in [4.78, 5) is 15.8. The van der Waals surface area contributed by atoms with Gasteiger partial charge in [0.15, 0.2) is 0 Å². The Kier molecular flexibility index (Phi) is 5.09. The predicted octanol–water partition coefficient (Wildman–Crippen LogP) is 3.87. The SMILES string of the molecule is CC1(C)CN(C(=O)O)[C@@H](Cc2ccccc2)CN1Cc1ccccc1. The van der Waals surface area contributed by atoms with Gasteiger partial charge >= 0.3 is 6.09 Å². The highest BCUT2D eigenvalue weighted by atomic mass is 16.4. The van der Waals surface area contributed by atoms with E-state index < -0.39 is 6.09 Å². The molecule has 3 rings (SSSR count). The first kappa shape index (κ1) is 17.5. The lowest BCUT2D eigenvalue weighted by atomic mass is 9.92. The first-order chi connectivity index (χ1) is 12.0. The van der Waals surface area contributed by atoms with Crippen LogP contribution in [0.2, 0.25) is 0 Å². The summed E-state index contributed by atoms with van der Waals surface area (Å²) in [7, 11) is 0. The number of hydrogen-bond donors (Lipinski definition) is 1. The lowest BCUT2D eigenvalue weighted by Crippen LogP contribution is -2.64. The zero-order chi connectivity index (χ0) is 17.9. The van der Waals surface area contributed by atoms with Crippen molar-refractivity contribution in [1.29, 1.82) is 0 Å². The van der Waals surface area contributed by atoms with Crippen LogP contribution in [0.15, 0.2) is 60.7 Å². The molecule has 4 nitrogen and oxygen atoms in total. The number of piperazine rings is 1. The Bertz CT molecular complexity index is 700. The van der Waals surface area contributed by atoms with Crippen molar-refractivity contribution in [3.63, 3.8) is 0 Å². The molecule has 0 saturated carbocycles. The van der Waals surface area contributed by atoms with Crippen molar-refractivity contribution in [3.05, 3.63) is 71.8 Å². The van der Waals surface area contributed by atoms with Gasteiger partial charge in [-0.3, -0.25) is 4.90 Å². The largest absolute Gasteiger partial charge is 0.465 e. The highest BCUT2D eigenvalue weighted by Gasteiger charge is 2.40. The van der Waals surface area contributed by atoms with Gasteiger partial charge in [-0.05, 0) is 31.4 Å². The van der Waals surface area contributed by atoms with Gasteiger partial charge in [-0.15, -0.1) is 0 Å². The monoisotopic (exact) mass is 338 g/mol. The fraction of sp³-hybridized carbons (Fsp3) is 0.381. The highest BCUT2D eigenvalue weighted by Crippen LogP contribution is 2.28. The van der Waals surface area contributed by atoms with Gasteiger partial charge in [-0.1, -0.05) is 60.7 Å². The first-order valence-corrected chi connectivity index (χ1v) is 8.78. The molecule has 0 unspecified atom stereocenters. The van der Waals surface area contributed by atoms with Gasteiger partial charge in [0.2, 0.25) is 0 Å². The number of hydrogen-bond acceptors (Lipinski definition) is 2. The molecular weight excluding hydrogens is 312 g/mol. The van der Waals surface area contributed by atoms with Crippen molar-refractivity contribution in [3.8, 4) is 0 Å². The Balaban J connectivity index is 1.81. The van der Waals surface area contributed by atoms with E-state index in [1.807, 2.05) is 24.3 Å². The summed E-state index contributed by atoms with van der Waals surface area (Å²) in [5.74, 6) is 0. The highest BCUT2D eigenvalue weighted by molar-refractivity contribution is 5.66. The van der Waals surface area contributed by atoms with Gasteiger partial charge in [-0.25, -0.2) is 4.79 Å². The van der Waals surface area contributed by atoms with E-state index in [0.29, 0.717) is 6.54 Å². The first-order valence-electron chi connectivity index (χ1n) is 8.78. The van der Waals surface area contributed by atoms with Gasteiger partial charge in [0.25, 0.3) is 0 Å². The number of amides is 1. The molecule has 1 aliphatic heterocycles. The molecule has 0 aromatic heterocycles. The summed E-state index contributed by atoms with van der Waals surface area (Å²) < 4.78 is 0. The Morgan fingerprint density at radius 1 is 1.04 bits per heavy atom. The van der Waals surface area contributed by atoms with Gasteiger partial charge in [0.05, 0.1) is 6.04 Å². The van der Waals surface area contributed by atoms with Crippen LogP contribution in [0.1, 0.15) is 25.0 Å². The van der Waals surface area contributed by atoms with E-state index in [4.69, 9.17) is 0 Å². The molecule has 0 aliphatic carbocycles. The zero-order valence-corrected chi connectivity index (χ0v) is 14.9. The molecular formula is C21H26N2O2. The van der Waals surface area contributed by atoms with Crippen molar-refractivity contribution < 1.29 is 9.90 Å². The second kappa shape index (κ2) is 7.28. The normalized spacial score (nSPS) is 20.4. The molecule has 0 bridgehead atoms. The van der Waals surface area contributed by atoms with Crippen LogP contribution in [0.3, 0.4) is 0 Å². The fourth-order valence-electron chi connectivity index (χ4n) is 3.61. The molecule has 4 heteroatoms. The van der Waals surface area contributed by atoms with Crippen LogP contribution in [-0.2, 0) is 13.0 Å². The zero-order valence-electron chi connectivity index (χ0n) is 14.9. The van der Waals surface area contributed by atoms with Crippen LogP contribution in [0, 0.1) is 0 Å². The lowest BCUT2D eigenvalue weighted by molar-refractivity contribution is -0.0142. The number of carboxylic acid groups (broad SMARTS) is 1. The van der Waals surface area contributed by atoms with Gasteiger partial charge in [0, 0.05) is 25.2 Å². The number of carbonyl (C=O) groups is 1. The molecule has 1 N–H and O–H groups in total. The average molecular weight is 338 g/mol. The molecule has 132 valence electrons. The van der Waals surface area contributed by atoms with Crippen molar-refractivity contribution >= 4 is 6.09 Å². The Hall–Kier alpha value is -2.33. The van der Waals surface area contributed by atoms with Crippen LogP contribution in [0.5, 0.6) is 0 Å². The molecule has 1 heterocycles. The van der Waals surface area contributed by atoms with Gasteiger partial charge < -0.3 is 10.0 Å². The topological polar surface area (TPSA) is 43.8 Å². The molecule has 25 heavy (non-hydrogen) atoms. The fourth-order valence-corrected chi connectivity index (χ4v) is 3.61. The summed E-state index contributed by atoms with van der Waals surface area (Å²) >= 11 is 0. The maximum Gasteiger partial charge on any atom is 0.407 e. The second-order valence-electron chi connectivity index (χ2n) is 7.43. The van der Waals surface area contributed by atoms with E-state index >= 15 is 0 Å². The number of nitrogens with zero attached hydrogens (tertiary/aromatic N) is 2. The van der Waals surface area contributed by atoms with E-state index in [2.05, 4.69) is 55.1 Å². The summed E-state index contributed by atoms with van der Waals surface area (Å²) in [5.41, 5.74) is 2.25. The van der Waals surface area contributed by atoms with Crippen molar-refractivity contribution in [2.45, 2.75) is 38.4 Å². The van der Waals surface area contributed by atoms with Crippen LogP contribution in [-0.4, -0.2) is 45.7 Å². The van der Waals surface area contributed by atoms with E-state index in [9.17, 15) is 9.90 Å². The number of benzene rings is 2. The van der Waals surface area contributed by atoms with Crippen LogP contribution in [0.4, 0.5) is 4.79 Å². The third-order valence-corrected chi connectivity index (χ3v) is 5.06. The maximum atomic E-state index is 11.8. The average Bonchev–Trinajstić information content (AvgIpc) is 2.59. The van der Waals surface area contributed by atoms with Crippen molar-refractivity contribution in [1.82, 2.24) is 9.80 Å². The summed E-state index contributed by atoms with van der Waals surface area (Å²) in [6, 6.07) is 20.5. The van der Waals surface area contributed by atoms with E-state index in [0.717, 1.165) is 19.5 Å². The Morgan fingerprint density at radius 3 is 2.16 bits per heavy atom.